The van der Waals surface area contributed by atoms with Crippen molar-refractivity contribution in [3.63, 3.8) is 0 Å². The summed E-state index contributed by atoms with van der Waals surface area (Å²) in [4.78, 5) is 46.4. The van der Waals surface area contributed by atoms with Crippen molar-refractivity contribution in [1.29, 1.82) is 0 Å². The minimum absolute atomic E-state index is 0.0852. The Morgan fingerprint density at radius 3 is 2.31 bits per heavy atom. The van der Waals surface area contributed by atoms with E-state index in [0.717, 1.165) is 33.6 Å². The van der Waals surface area contributed by atoms with Gasteiger partial charge in [-0.15, -0.1) is 11.3 Å². The van der Waals surface area contributed by atoms with Crippen molar-refractivity contribution in [2.75, 3.05) is 13.1 Å². The van der Waals surface area contributed by atoms with E-state index >= 15 is 4.79 Å². The number of benzene rings is 3. The summed E-state index contributed by atoms with van der Waals surface area (Å²) in [5.74, 6) is -0.821. The highest BCUT2D eigenvalue weighted by atomic mass is 32.1. The van der Waals surface area contributed by atoms with Gasteiger partial charge in [0.05, 0.1) is 23.7 Å². The number of aliphatic hydroxyl groups excluding tert-OH is 1. The number of amides is 1. The fourth-order valence-electron chi connectivity index (χ4n) is 11.0. The Bertz CT molecular complexity index is 2250. The van der Waals surface area contributed by atoms with Gasteiger partial charge in [-0.05, 0) is 124 Å². The molecule has 2 N–H and O–H groups in total. The first kappa shape index (κ1) is 41.4. The van der Waals surface area contributed by atoms with E-state index < -0.39 is 33.6 Å². The molecule has 4 aliphatic carbocycles. The summed E-state index contributed by atoms with van der Waals surface area (Å²) >= 11 is 1.65. The molecule has 2 heterocycles. The zero-order valence-electron chi connectivity index (χ0n) is 35.3. The minimum Gasteiger partial charge on any atom is -0.448 e. The highest BCUT2D eigenvalue weighted by Gasteiger charge is 2.76. The standard InChI is InChI=1S/C51H59NO6S/c1-34-11-9-25-48(4)43(41-22-16-35(31-39(53)21-15-34)32-42(41)44(54)38-19-17-37(18-20-38)36-12-7-6-8-13-36)23-26-50(48,57)33-52(29-24-40-14-10-30-59-40)45(55)51-28-27-49(5,46(56)58-51)47(51,2)3/h6-8,10-14,16-20,22,30,32,39,43,53,57H,9,15,21,23-29,31,33H2,1-5H3. The molecule has 4 bridgehead atoms. The van der Waals surface area contributed by atoms with Gasteiger partial charge in [0.15, 0.2) is 11.4 Å². The number of ether oxygens (including phenoxy) is 1. The highest BCUT2D eigenvalue weighted by Crippen LogP contribution is 2.66. The maximum absolute atomic E-state index is 15.2. The van der Waals surface area contributed by atoms with E-state index in [1.165, 1.54) is 5.57 Å². The normalized spacial score (nSPS) is 30.0. The van der Waals surface area contributed by atoms with Crippen molar-refractivity contribution in [3.8, 4) is 11.1 Å². The van der Waals surface area contributed by atoms with Gasteiger partial charge in [-0.25, -0.2) is 0 Å². The maximum Gasteiger partial charge on any atom is 0.313 e. The quantitative estimate of drug-likeness (QED) is 0.0991. The predicted octanol–water partition coefficient (Wildman–Crippen LogP) is 9.88. The van der Waals surface area contributed by atoms with Crippen molar-refractivity contribution in [2.24, 2.45) is 16.2 Å². The number of allylic oxidation sites excluding steroid dienone is 2. The van der Waals surface area contributed by atoms with Crippen LogP contribution in [0.2, 0.25) is 0 Å². The van der Waals surface area contributed by atoms with E-state index in [0.29, 0.717) is 75.5 Å². The molecule has 7 nitrogen and oxygen atoms in total. The Morgan fingerprint density at radius 1 is 0.881 bits per heavy atom. The largest absolute Gasteiger partial charge is 0.448 e. The van der Waals surface area contributed by atoms with Crippen LogP contribution in [-0.2, 0) is 27.2 Å². The summed E-state index contributed by atoms with van der Waals surface area (Å²) in [5, 5.41) is 26.5. The molecule has 9 rings (SSSR count). The zero-order chi connectivity index (χ0) is 41.8. The SMILES string of the molecule is CC1=CCCC2(C)C(CCC2(O)CN(CCc2cccs2)C(=O)C23CCC(C)(C(=O)O2)C3(C)C)c2ccc(cc2C(=O)c2ccc(-c3ccccc3)cc2)CC(O)CC1. The second-order valence-electron chi connectivity index (χ2n) is 18.9. The molecule has 0 radical (unpaired) electrons. The molecule has 310 valence electrons. The average Bonchev–Trinajstić information content (AvgIpc) is 3.93. The van der Waals surface area contributed by atoms with Crippen molar-refractivity contribution >= 4 is 29.0 Å². The summed E-state index contributed by atoms with van der Waals surface area (Å²) in [7, 11) is 0. The highest BCUT2D eigenvalue weighted by molar-refractivity contribution is 7.09. The van der Waals surface area contributed by atoms with Crippen molar-refractivity contribution < 1.29 is 29.3 Å². The van der Waals surface area contributed by atoms with Gasteiger partial charge >= 0.3 is 5.97 Å². The fourth-order valence-corrected chi connectivity index (χ4v) is 11.7. The minimum atomic E-state index is -1.32. The molecular weight excluding hydrogens is 755 g/mol. The van der Waals surface area contributed by atoms with E-state index in [9.17, 15) is 19.8 Å². The molecule has 0 spiro atoms. The number of nitrogens with zero attached hydrogens (tertiary/aromatic N) is 1. The summed E-state index contributed by atoms with van der Waals surface area (Å²) < 4.78 is 6.17. The maximum atomic E-state index is 15.2. The van der Waals surface area contributed by atoms with Gasteiger partial charge in [-0.3, -0.25) is 14.4 Å². The lowest BCUT2D eigenvalue weighted by molar-refractivity contribution is -0.177. The third-order valence-corrected chi connectivity index (χ3v) is 16.5. The lowest BCUT2D eigenvalue weighted by Crippen LogP contribution is -2.60. The van der Waals surface area contributed by atoms with Gasteiger partial charge in [0.1, 0.15) is 0 Å². The van der Waals surface area contributed by atoms with Crippen LogP contribution in [0.15, 0.2) is 102 Å². The zero-order valence-corrected chi connectivity index (χ0v) is 36.1. The van der Waals surface area contributed by atoms with E-state index in [2.05, 4.69) is 44.2 Å². The lowest BCUT2D eigenvalue weighted by atomic mass is 9.64. The molecule has 1 aliphatic heterocycles. The van der Waals surface area contributed by atoms with Crippen LogP contribution in [0.4, 0.5) is 0 Å². The molecule has 5 aliphatic rings. The van der Waals surface area contributed by atoms with E-state index in [1.54, 1.807) is 11.3 Å². The number of rotatable bonds is 9. The Kier molecular flexibility index (Phi) is 10.9. The van der Waals surface area contributed by atoms with Crippen molar-refractivity contribution in [1.82, 2.24) is 4.90 Å². The Hall–Kier alpha value is -4.37. The molecule has 6 atom stereocenters. The number of aliphatic hydroxyl groups is 2. The number of fused-ring (bicyclic) bond motifs is 10. The second kappa shape index (κ2) is 15.6. The van der Waals surface area contributed by atoms with Crippen molar-refractivity contribution in [2.45, 2.75) is 122 Å². The molecular formula is C51H59NO6S. The molecule has 59 heavy (non-hydrogen) atoms. The molecule has 2 saturated carbocycles. The van der Waals surface area contributed by atoms with Gasteiger partial charge in [-0.1, -0.05) is 105 Å². The summed E-state index contributed by atoms with van der Waals surface area (Å²) in [5.41, 5.74) is 1.44. The monoisotopic (exact) mass is 813 g/mol. The van der Waals surface area contributed by atoms with Crippen LogP contribution in [0.5, 0.6) is 0 Å². The van der Waals surface area contributed by atoms with Gasteiger partial charge in [0.2, 0.25) is 0 Å². The van der Waals surface area contributed by atoms with Crippen LogP contribution < -0.4 is 0 Å². The first-order chi connectivity index (χ1) is 28.1. The molecule has 1 saturated heterocycles. The number of ketones is 1. The van der Waals surface area contributed by atoms with Gasteiger partial charge in [-0.2, -0.15) is 0 Å². The fraction of sp³-hybridized carbons (Fsp3) is 0.471. The van der Waals surface area contributed by atoms with Crippen LogP contribution in [0.25, 0.3) is 11.1 Å². The first-order valence-electron chi connectivity index (χ1n) is 21.6. The predicted molar refractivity (Wildman–Crippen MR) is 233 cm³/mol. The van der Waals surface area contributed by atoms with Crippen LogP contribution in [0, 0.1) is 16.2 Å². The van der Waals surface area contributed by atoms with Crippen LogP contribution in [0.3, 0.4) is 0 Å². The molecule has 3 aromatic carbocycles. The Morgan fingerprint density at radius 2 is 1.63 bits per heavy atom. The van der Waals surface area contributed by atoms with Crippen LogP contribution in [0.1, 0.15) is 124 Å². The van der Waals surface area contributed by atoms with Crippen LogP contribution in [-0.4, -0.2) is 63.2 Å². The summed E-state index contributed by atoms with van der Waals surface area (Å²) in [6.07, 6.45) is 7.56. The lowest BCUT2D eigenvalue weighted by Gasteiger charge is -2.47. The Labute approximate surface area is 353 Å². The van der Waals surface area contributed by atoms with E-state index in [-0.39, 0.29) is 30.1 Å². The average molecular weight is 814 g/mol. The van der Waals surface area contributed by atoms with Gasteiger partial charge < -0.3 is 19.8 Å². The number of carbonyl (C=O) groups excluding carboxylic acids is 3. The van der Waals surface area contributed by atoms with Gasteiger partial charge in [0, 0.05) is 33.4 Å². The number of esters is 1. The molecule has 3 fully saturated rings. The molecule has 8 heteroatoms. The third-order valence-electron chi connectivity index (χ3n) is 15.5. The molecule has 6 unspecified atom stereocenters. The van der Waals surface area contributed by atoms with E-state index in [1.807, 2.05) is 91.7 Å². The Balaban J connectivity index is 1.19. The van der Waals surface area contributed by atoms with E-state index in [4.69, 9.17) is 4.74 Å². The first-order valence-corrected chi connectivity index (χ1v) is 22.4. The van der Waals surface area contributed by atoms with Crippen molar-refractivity contribution in [3.05, 3.63) is 129 Å². The third kappa shape index (κ3) is 7.03. The summed E-state index contributed by atoms with van der Waals surface area (Å²) in [6.45, 7) is 10.6. The topological polar surface area (TPSA) is 104 Å². The number of thiophene rings is 1. The number of carbonyl (C=O) groups is 3. The molecule has 1 aromatic heterocycles. The van der Waals surface area contributed by atoms with Crippen LogP contribution >= 0.6 is 11.3 Å². The molecule has 4 aromatic rings. The number of hydrogen-bond donors (Lipinski definition) is 2. The summed E-state index contributed by atoms with van der Waals surface area (Å²) in [6, 6.07) is 28.0. The molecule has 1 amide bonds. The number of hydrogen-bond acceptors (Lipinski definition) is 7. The van der Waals surface area contributed by atoms with Gasteiger partial charge in [0.25, 0.3) is 5.91 Å². The smallest absolute Gasteiger partial charge is 0.313 e. The second-order valence-corrected chi connectivity index (χ2v) is 20.0.